The highest BCUT2D eigenvalue weighted by atomic mass is 32.1. The summed E-state index contributed by atoms with van der Waals surface area (Å²) in [6, 6.07) is 0. The van der Waals surface area contributed by atoms with Gasteiger partial charge in [-0.3, -0.25) is 4.79 Å². The van der Waals surface area contributed by atoms with Gasteiger partial charge in [-0.1, -0.05) is 0 Å². The van der Waals surface area contributed by atoms with Crippen molar-refractivity contribution >= 4 is 22.4 Å². The maximum absolute atomic E-state index is 12.0. The van der Waals surface area contributed by atoms with Gasteiger partial charge in [0.2, 0.25) is 0 Å². The van der Waals surface area contributed by atoms with E-state index >= 15 is 0 Å². The molecule has 1 atom stereocenters. The van der Waals surface area contributed by atoms with Gasteiger partial charge in [0.1, 0.15) is 5.92 Å². The first-order valence-corrected chi connectivity index (χ1v) is 8.47. The van der Waals surface area contributed by atoms with Gasteiger partial charge in [-0.2, -0.15) is 0 Å². The van der Waals surface area contributed by atoms with E-state index in [0.717, 1.165) is 56.1 Å². The maximum Gasteiger partial charge on any atom is 0.315 e. The van der Waals surface area contributed by atoms with Gasteiger partial charge in [0, 0.05) is 25.1 Å². The number of aromatic nitrogens is 1. The zero-order chi connectivity index (χ0) is 15.1. The molecule has 0 spiro atoms. The Balaban J connectivity index is 1.93. The highest BCUT2D eigenvalue weighted by Crippen LogP contribution is 2.37. The molecule has 118 valence electrons. The third kappa shape index (κ3) is 4.41. The minimum Gasteiger partial charge on any atom is -0.465 e. The molecule has 0 amide bonds. The van der Waals surface area contributed by atoms with Crippen LogP contribution in [0.15, 0.2) is 0 Å². The molecule has 5 nitrogen and oxygen atoms in total. The predicted octanol–water partition coefficient (Wildman–Crippen LogP) is 2.96. The van der Waals surface area contributed by atoms with Gasteiger partial charge in [-0.15, -0.1) is 11.3 Å². The maximum atomic E-state index is 12.0. The lowest BCUT2D eigenvalue weighted by Gasteiger charge is -2.19. The summed E-state index contributed by atoms with van der Waals surface area (Å²) in [5, 5.41) is 4.28. The molecule has 0 fully saturated rings. The van der Waals surface area contributed by atoms with Crippen LogP contribution in [0.4, 0.5) is 5.13 Å². The molecule has 21 heavy (non-hydrogen) atoms. The monoisotopic (exact) mass is 312 g/mol. The zero-order valence-corrected chi connectivity index (χ0v) is 13.6. The van der Waals surface area contributed by atoms with E-state index in [1.807, 2.05) is 6.92 Å². The number of nitrogens with zero attached hydrogens (tertiary/aromatic N) is 1. The van der Waals surface area contributed by atoms with Gasteiger partial charge < -0.3 is 14.8 Å². The number of ether oxygens (including phenoxy) is 2. The Morgan fingerprint density at radius 1 is 1.48 bits per heavy atom. The van der Waals surface area contributed by atoms with Crippen molar-refractivity contribution in [2.45, 2.75) is 44.9 Å². The molecule has 1 aromatic rings. The molecule has 0 radical (unpaired) electrons. The normalized spacial score (nSPS) is 17.3. The van der Waals surface area contributed by atoms with Gasteiger partial charge in [0.15, 0.2) is 5.13 Å². The number of hydrogen-bond donors (Lipinski definition) is 1. The topological polar surface area (TPSA) is 60.5 Å². The smallest absolute Gasteiger partial charge is 0.315 e. The van der Waals surface area contributed by atoms with Crippen molar-refractivity contribution in [1.29, 1.82) is 0 Å². The lowest BCUT2D eigenvalue weighted by Crippen LogP contribution is -2.20. The number of methoxy groups -OCH3 is 1. The zero-order valence-electron chi connectivity index (χ0n) is 12.8. The van der Waals surface area contributed by atoms with Crippen LogP contribution in [0.3, 0.4) is 0 Å². The quantitative estimate of drug-likeness (QED) is 0.591. The van der Waals surface area contributed by atoms with Crippen LogP contribution in [-0.4, -0.2) is 37.8 Å². The second-order valence-electron chi connectivity index (χ2n) is 5.15. The molecular formula is C15H24N2O3S. The fraction of sp³-hybridized carbons (Fsp3) is 0.733. The Hall–Kier alpha value is -1.14. The summed E-state index contributed by atoms with van der Waals surface area (Å²) in [4.78, 5) is 17.9. The molecule has 0 saturated carbocycles. The van der Waals surface area contributed by atoms with E-state index < -0.39 is 0 Å². The largest absolute Gasteiger partial charge is 0.465 e. The molecule has 0 bridgehead atoms. The van der Waals surface area contributed by atoms with E-state index in [0.29, 0.717) is 6.61 Å². The number of carbonyl (C=O) groups excluding carboxylic acids is 1. The Kier molecular flexibility index (Phi) is 6.45. The summed E-state index contributed by atoms with van der Waals surface area (Å²) < 4.78 is 10.2. The van der Waals surface area contributed by atoms with Gasteiger partial charge in [0.25, 0.3) is 0 Å². The summed E-state index contributed by atoms with van der Waals surface area (Å²) >= 11 is 1.68. The van der Waals surface area contributed by atoms with E-state index in [2.05, 4.69) is 10.3 Å². The van der Waals surface area contributed by atoms with Crippen LogP contribution >= 0.6 is 11.3 Å². The Morgan fingerprint density at radius 3 is 3.10 bits per heavy atom. The number of hydrogen-bond acceptors (Lipinski definition) is 6. The number of unbranched alkanes of at least 4 members (excludes halogenated alkanes) is 1. The van der Waals surface area contributed by atoms with Crippen LogP contribution in [-0.2, 0) is 20.7 Å². The van der Waals surface area contributed by atoms with Gasteiger partial charge >= 0.3 is 5.97 Å². The van der Waals surface area contributed by atoms with Gasteiger partial charge in [-0.05, 0) is 39.0 Å². The Morgan fingerprint density at radius 2 is 2.33 bits per heavy atom. The number of carbonyl (C=O) groups is 1. The lowest BCUT2D eigenvalue weighted by atomic mass is 9.91. The molecule has 6 heteroatoms. The summed E-state index contributed by atoms with van der Waals surface area (Å²) in [5.74, 6) is -0.301. The summed E-state index contributed by atoms with van der Waals surface area (Å²) in [6.07, 6.45) is 5.00. The number of rotatable bonds is 8. The van der Waals surface area contributed by atoms with Crippen LogP contribution in [0.1, 0.15) is 49.1 Å². The molecule has 1 N–H and O–H groups in total. The van der Waals surface area contributed by atoms with Crippen molar-refractivity contribution in [2.24, 2.45) is 0 Å². The fourth-order valence-electron chi connectivity index (χ4n) is 2.53. The average Bonchev–Trinajstić information content (AvgIpc) is 2.89. The van der Waals surface area contributed by atoms with E-state index in [1.54, 1.807) is 18.4 Å². The number of anilines is 1. The van der Waals surface area contributed by atoms with Gasteiger partial charge in [0.05, 0.1) is 12.3 Å². The third-order valence-corrected chi connectivity index (χ3v) is 4.67. The predicted molar refractivity (Wildman–Crippen MR) is 84.0 cm³/mol. The minimum absolute atomic E-state index is 0.129. The molecule has 1 aliphatic carbocycles. The van der Waals surface area contributed by atoms with Crippen molar-refractivity contribution < 1.29 is 14.3 Å². The Labute approximate surface area is 130 Å². The van der Waals surface area contributed by atoms with Crippen molar-refractivity contribution in [3.8, 4) is 0 Å². The van der Waals surface area contributed by atoms with Crippen LogP contribution in [0, 0.1) is 0 Å². The molecule has 0 aliphatic heterocycles. The molecular weight excluding hydrogens is 288 g/mol. The lowest BCUT2D eigenvalue weighted by molar-refractivity contribution is -0.145. The fourth-order valence-corrected chi connectivity index (χ4v) is 3.62. The number of thiazole rings is 1. The molecule has 1 aliphatic rings. The second kappa shape index (κ2) is 8.34. The molecule has 1 aromatic heterocycles. The number of nitrogens with one attached hydrogen (secondary N) is 1. The van der Waals surface area contributed by atoms with Crippen molar-refractivity contribution in [3.63, 3.8) is 0 Å². The average molecular weight is 312 g/mol. The SMILES string of the molecule is CCOC(=O)C1CCCc2sc(NCCCCOC)nc21. The van der Waals surface area contributed by atoms with Crippen molar-refractivity contribution in [3.05, 3.63) is 10.6 Å². The molecule has 0 aromatic carbocycles. The van der Waals surface area contributed by atoms with E-state index in [-0.39, 0.29) is 11.9 Å². The summed E-state index contributed by atoms with van der Waals surface area (Å²) in [5.41, 5.74) is 0.934. The van der Waals surface area contributed by atoms with Crippen LogP contribution in [0.2, 0.25) is 0 Å². The van der Waals surface area contributed by atoms with Crippen LogP contribution < -0.4 is 5.32 Å². The molecule has 0 saturated heterocycles. The number of esters is 1. The minimum atomic E-state index is -0.172. The third-order valence-electron chi connectivity index (χ3n) is 3.58. The van der Waals surface area contributed by atoms with Crippen molar-refractivity contribution in [2.75, 3.05) is 32.2 Å². The standard InChI is InChI=1S/C15H24N2O3S/c1-3-20-14(18)11-7-6-8-12-13(11)17-15(21-12)16-9-4-5-10-19-2/h11H,3-10H2,1-2H3,(H,16,17). The first kappa shape index (κ1) is 16.2. The molecule has 2 rings (SSSR count). The van der Waals surface area contributed by atoms with Crippen LogP contribution in [0.5, 0.6) is 0 Å². The first-order chi connectivity index (χ1) is 10.3. The highest BCUT2D eigenvalue weighted by Gasteiger charge is 2.31. The van der Waals surface area contributed by atoms with E-state index in [1.165, 1.54) is 4.88 Å². The molecule has 1 heterocycles. The van der Waals surface area contributed by atoms with Gasteiger partial charge in [-0.25, -0.2) is 4.98 Å². The summed E-state index contributed by atoms with van der Waals surface area (Å²) in [7, 11) is 1.72. The van der Waals surface area contributed by atoms with Crippen LogP contribution in [0.25, 0.3) is 0 Å². The van der Waals surface area contributed by atoms with E-state index in [4.69, 9.17) is 9.47 Å². The molecule has 1 unspecified atom stereocenters. The highest BCUT2D eigenvalue weighted by molar-refractivity contribution is 7.15. The number of aryl methyl sites for hydroxylation is 1. The van der Waals surface area contributed by atoms with E-state index in [9.17, 15) is 4.79 Å². The second-order valence-corrected chi connectivity index (χ2v) is 6.23. The summed E-state index contributed by atoms with van der Waals surface area (Å²) in [6.45, 7) is 3.95. The first-order valence-electron chi connectivity index (χ1n) is 7.65. The number of fused-ring (bicyclic) bond motifs is 1. The Bertz CT molecular complexity index is 462. The van der Waals surface area contributed by atoms with Crippen molar-refractivity contribution in [1.82, 2.24) is 4.98 Å².